The third-order valence-electron chi connectivity index (χ3n) is 2.91. The lowest BCUT2D eigenvalue weighted by Crippen LogP contribution is -2.36. The molecular formula is C14H18N4O3. The summed E-state index contributed by atoms with van der Waals surface area (Å²) in [5.41, 5.74) is 7.04. The molecule has 0 radical (unpaired) electrons. The van der Waals surface area contributed by atoms with Crippen molar-refractivity contribution in [3.05, 3.63) is 30.2 Å². The Hall–Kier alpha value is -2.25. The van der Waals surface area contributed by atoms with E-state index in [1.807, 2.05) is 12.1 Å². The number of anilines is 1. The molecule has 2 aromatic rings. The van der Waals surface area contributed by atoms with Crippen LogP contribution in [0.5, 0.6) is 0 Å². The molecule has 0 aliphatic rings. The van der Waals surface area contributed by atoms with Gasteiger partial charge in [-0.1, -0.05) is 12.1 Å². The van der Waals surface area contributed by atoms with Crippen LogP contribution < -0.4 is 11.1 Å². The van der Waals surface area contributed by atoms with Crippen LogP contribution in [0.2, 0.25) is 0 Å². The quantitative estimate of drug-likeness (QED) is 0.832. The van der Waals surface area contributed by atoms with E-state index in [2.05, 4.69) is 15.5 Å². The molecule has 0 spiro atoms. The number of methoxy groups -OCH3 is 1. The highest BCUT2D eigenvalue weighted by molar-refractivity contribution is 5.97. The van der Waals surface area contributed by atoms with Crippen molar-refractivity contribution < 1.29 is 13.9 Å². The monoisotopic (exact) mass is 290 g/mol. The van der Waals surface area contributed by atoms with Gasteiger partial charge in [0.15, 0.2) is 0 Å². The predicted octanol–water partition coefficient (Wildman–Crippen LogP) is 1.35. The van der Waals surface area contributed by atoms with E-state index in [1.54, 1.807) is 26.2 Å². The van der Waals surface area contributed by atoms with Crippen molar-refractivity contribution in [1.29, 1.82) is 0 Å². The second kappa shape index (κ2) is 6.96. The van der Waals surface area contributed by atoms with Crippen molar-refractivity contribution in [2.45, 2.75) is 19.4 Å². The first-order valence-electron chi connectivity index (χ1n) is 6.56. The summed E-state index contributed by atoms with van der Waals surface area (Å²) in [5.74, 6) is 0.535. The number of carbonyl (C=O) groups is 1. The number of nitrogens with one attached hydrogen (secondary N) is 1. The van der Waals surface area contributed by atoms with Gasteiger partial charge in [0.05, 0.1) is 17.3 Å². The van der Waals surface area contributed by atoms with Crippen molar-refractivity contribution in [2.24, 2.45) is 5.73 Å². The zero-order valence-corrected chi connectivity index (χ0v) is 12.0. The van der Waals surface area contributed by atoms with Crippen LogP contribution in [0.25, 0.3) is 11.5 Å². The molecule has 7 nitrogen and oxygen atoms in total. The van der Waals surface area contributed by atoms with Gasteiger partial charge >= 0.3 is 0 Å². The molecular weight excluding hydrogens is 272 g/mol. The number of hydrogen-bond donors (Lipinski definition) is 2. The Bertz CT molecular complexity index is 612. The van der Waals surface area contributed by atoms with Crippen LogP contribution in [0.15, 0.2) is 28.7 Å². The van der Waals surface area contributed by atoms with Crippen LogP contribution in [-0.2, 0) is 9.53 Å². The smallest absolute Gasteiger partial charge is 0.249 e. The molecule has 0 aliphatic heterocycles. The van der Waals surface area contributed by atoms with Crippen LogP contribution in [0.1, 0.15) is 12.3 Å². The summed E-state index contributed by atoms with van der Waals surface area (Å²) in [5, 5.41) is 10.5. The minimum atomic E-state index is -0.637. The van der Waals surface area contributed by atoms with Crippen LogP contribution in [0.4, 0.5) is 5.69 Å². The molecule has 1 aromatic carbocycles. The predicted molar refractivity (Wildman–Crippen MR) is 77.6 cm³/mol. The number of nitrogens with zero attached hydrogens (tertiary/aromatic N) is 2. The summed E-state index contributed by atoms with van der Waals surface area (Å²) in [6.45, 7) is 2.14. The first kappa shape index (κ1) is 15.1. The van der Waals surface area contributed by atoms with Gasteiger partial charge < -0.3 is 20.2 Å². The summed E-state index contributed by atoms with van der Waals surface area (Å²) >= 11 is 0. The highest BCUT2D eigenvalue weighted by atomic mass is 16.5. The molecule has 0 aliphatic carbocycles. The Kier molecular flexibility index (Phi) is 5.02. The largest absolute Gasteiger partial charge is 0.421 e. The molecule has 7 heteroatoms. The molecule has 0 saturated carbocycles. The van der Waals surface area contributed by atoms with Gasteiger partial charge in [-0.3, -0.25) is 4.79 Å². The molecule has 1 aromatic heterocycles. The Morgan fingerprint density at radius 2 is 2.19 bits per heavy atom. The molecule has 1 atom stereocenters. The molecule has 1 heterocycles. The highest BCUT2D eigenvalue weighted by Gasteiger charge is 2.17. The number of benzene rings is 1. The fourth-order valence-electron chi connectivity index (χ4n) is 1.79. The van der Waals surface area contributed by atoms with Crippen LogP contribution in [-0.4, -0.2) is 35.9 Å². The average molecular weight is 290 g/mol. The maximum Gasteiger partial charge on any atom is 0.249 e. The lowest BCUT2D eigenvalue weighted by Gasteiger charge is -2.13. The van der Waals surface area contributed by atoms with E-state index in [-0.39, 0.29) is 5.91 Å². The fourth-order valence-corrected chi connectivity index (χ4v) is 1.79. The number of hydrogen-bond acceptors (Lipinski definition) is 6. The number of amides is 1. The number of rotatable bonds is 6. The van der Waals surface area contributed by atoms with Crippen molar-refractivity contribution in [3.63, 3.8) is 0 Å². The maximum absolute atomic E-state index is 12.0. The molecule has 3 N–H and O–H groups in total. The molecule has 0 bridgehead atoms. The number of nitrogens with two attached hydrogens (primary N) is 1. The minimum absolute atomic E-state index is 0.282. The summed E-state index contributed by atoms with van der Waals surface area (Å²) in [4.78, 5) is 12.0. The standard InChI is InChI=1S/C14H18N4O3/c1-9-17-18-14(21-9)10-5-3-4-6-12(10)16-13(19)11(15)7-8-20-2/h3-6,11H,7-8,15H2,1-2H3,(H,16,19). The minimum Gasteiger partial charge on any atom is -0.421 e. The molecule has 1 unspecified atom stereocenters. The molecule has 1 amide bonds. The van der Waals surface area contributed by atoms with Gasteiger partial charge in [0.2, 0.25) is 17.7 Å². The molecule has 0 saturated heterocycles. The molecule has 2 rings (SSSR count). The van der Waals surface area contributed by atoms with E-state index in [4.69, 9.17) is 14.9 Å². The van der Waals surface area contributed by atoms with Crippen molar-refractivity contribution >= 4 is 11.6 Å². The average Bonchev–Trinajstić information content (AvgIpc) is 2.91. The Balaban J connectivity index is 2.15. The number of carbonyl (C=O) groups excluding carboxylic acids is 1. The first-order chi connectivity index (χ1) is 10.1. The van der Waals surface area contributed by atoms with Crippen LogP contribution in [0.3, 0.4) is 0 Å². The van der Waals surface area contributed by atoms with Gasteiger partial charge in [-0.05, 0) is 18.6 Å². The molecule has 0 fully saturated rings. The van der Waals surface area contributed by atoms with Crippen LogP contribution in [0, 0.1) is 6.92 Å². The van der Waals surface area contributed by atoms with Crippen molar-refractivity contribution in [3.8, 4) is 11.5 Å². The van der Waals surface area contributed by atoms with Gasteiger partial charge in [-0.25, -0.2) is 0 Å². The number of ether oxygens (including phenoxy) is 1. The summed E-state index contributed by atoms with van der Waals surface area (Å²) in [7, 11) is 1.57. The Morgan fingerprint density at radius 3 is 2.86 bits per heavy atom. The van der Waals surface area contributed by atoms with E-state index in [0.717, 1.165) is 0 Å². The lowest BCUT2D eigenvalue weighted by atomic mass is 10.1. The summed E-state index contributed by atoms with van der Waals surface area (Å²) in [6.07, 6.45) is 0.449. The van der Waals surface area contributed by atoms with Gasteiger partial charge in [-0.15, -0.1) is 10.2 Å². The summed E-state index contributed by atoms with van der Waals surface area (Å²) in [6, 6.07) is 6.56. The van der Waals surface area contributed by atoms with E-state index in [0.29, 0.717) is 36.1 Å². The van der Waals surface area contributed by atoms with Gasteiger partial charge in [-0.2, -0.15) is 0 Å². The zero-order chi connectivity index (χ0) is 15.2. The Labute approximate surface area is 122 Å². The van der Waals surface area contributed by atoms with Gasteiger partial charge in [0.1, 0.15) is 0 Å². The molecule has 112 valence electrons. The summed E-state index contributed by atoms with van der Waals surface area (Å²) < 4.78 is 10.3. The normalized spacial score (nSPS) is 12.1. The first-order valence-corrected chi connectivity index (χ1v) is 6.56. The fraction of sp³-hybridized carbons (Fsp3) is 0.357. The number of aryl methyl sites for hydroxylation is 1. The highest BCUT2D eigenvalue weighted by Crippen LogP contribution is 2.26. The van der Waals surface area contributed by atoms with E-state index >= 15 is 0 Å². The van der Waals surface area contributed by atoms with Crippen molar-refractivity contribution in [1.82, 2.24) is 10.2 Å². The van der Waals surface area contributed by atoms with E-state index in [9.17, 15) is 4.79 Å². The van der Waals surface area contributed by atoms with E-state index in [1.165, 1.54) is 0 Å². The zero-order valence-electron chi connectivity index (χ0n) is 12.0. The second-order valence-corrected chi connectivity index (χ2v) is 4.55. The van der Waals surface area contributed by atoms with Gasteiger partial charge in [0.25, 0.3) is 0 Å². The van der Waals surface area contributed by atoms with Gasteiger partial charge in [0, 0.05) is 20.6 Å². The van der Waals surface area contributed by atoms with Crippen molar-refractivity contribution in [2.75, 3.05) is 19.0 Å². The third kappa shape index (κ3) is 3.87. The lowest BCUT2D eigenvalue weighted by molar-refractivity contribution is -0.117. The van der Waals surface area contributed by atoms with Crippen LogP contribution >= 0.6 is 0 Å². The second-order valence-electron chi connectivity index (χ2n) is 4.55. The topological polar surface area (TPSA) is 103 Å². The maximum atomic E-state index is 12.0. The number of para-hydroxylation sites is 1. The van der Waals surface area contributed by atoms with E-state index < -0.39 is 6.04 Å². The SMILES string of the molecule is COCCC(N)C(=O)Nc1ccccc1-c1nnc(C)o1. The third-order valence-corrected chi connectivity index (χ3v) is 2.91. The number of aromatic nitrogens is 2. The molecule has 21 heavy (non-hydrogen) atoms. The Morgan fingerprint density at radius 1 is 1.43 bits per heavy atom.